The number of hydrogen-bond donors (Lipinski definition) is 2. The zero-order chi connectivity index (χ0) is 26.8. The molecule has 2 atom stereocenters. The lowest BCUT2D eigenvalue weighted by Crippen LogP contribution is -2.35. The number of pyridine rings is 2. The summed E-state index contributed by atoms with van der Waals surface area (Å²) >= 11 is 6.49. The van der Waals surface area contributed by atoms with Crippen molar-refractivity contribution in [2.75, 3.05) is 16.8 Å². The van der Waals surface area contributed by atoms with E-state index in [0.29, 0.717) is 40.7 Å². The molecule has 0 radical (unpaired) electrons. The van der Waals surface area contributed by atoms with Gasteiger partial charge >= 0.3 is 6.09 Å². The van der Waals surface area contributed by atoms with E-state index in [4.69, 9.17) is 21.1 Å². The van der Waals surface area contributed by atoms with Gasteiger partial charge in [-0.05, 0) is 50.1 Å². The number of benzene rings is 1. The lowest BCUT2D eigenvalue weighted by molar-refractivity contribution is 0.178. The van der Waals surface area contributed by atoms with E-state index in [0.717, 1.165) is 10.9 Å². The molecule has 5 rings (SSSR count). The standard InChI is InChI=1S/C26H26ClN7O4/c1-4-18-13-38-26(36)34(18)25-31-15(3)30-24(33-25)29-14(2)19-9-17-10-20(27)22(11-21(17)32-23(19)35)37-12-16-5-7-28-8-6-16/h5-11,14,18H,4,12-13H2,1-3H3,(H,32,35)(H,29,30,31,33)/t14-,18-/m0/s1. The summed E-state index contributed by atoms with van der Waals surface area (Å²) in [4.78, 5) is 46.7. The highest BCUT2D eigenvalue weighted by Gasteiger charge is 2.35. The summed E-state index contributed by atoms with van der Waals surface area (Å²) < 4.78 is 11.0. The van der Waals surface area contributed by atoms with Crippen LogP contribution in [-0.2, 0) is 11.3 Å². The van der Waals surface area contributed by atoms with Crippen LogP contribution < -0.4 is 20.5 Å². The third-order valence-corrected chi connectivity index (χ3v) is 6.56. The molecule has 0 saturated carbocycles. The van der Waals surface area contributed by atoms with Crippen LogP contribution >= 0.6 is 11.6 Å². The lowest BCUT2D eigenvalue weighted by Gasteiger charge is -2.20. The fourth-order valence-corrected chi connectivity index (χ4v) is 4.44. The van der Waals surface area contributed by atoms with E-state index in [-0.39, 0.29) is 30.1 Å². The third-order valence-electron chi connectivity index (χ3n) is 6.26. The van der Waals surface area contributed by atoms with Gasteiger partial charge in [-0.25, -0.2) is 9.69 Å². The Hall–Kier alpha value is -4.25. The van der Waals surface area contributed by atoms with Gasteiger partial charge in [0.1, 0.15) is 24.8 Å². The van der Waals surface area contributed by atoms with Crippen LogP contribution in [0.1, 0.15) is 43.3 Å². The van der Waals surface area contributed by atoms with E-state index in [1.807, 2.05) is 26.0 Å². The van der Waals surface area contributed by atoms with Crippen molar-refractivity contribution in [2.45, 2.75) is 45.9 Å². The maximum atomic E-state index is 13.0. The van der Waals surface area contributed by atoms with Crippen LogP contribution in [0.25, 0.3) is 10.9 Å². The van der Waals surface area contributed by atoms with Crippen molar-refractivity contribution in [3.8, 4) is 5.75 Å². The second-order valence-corrected chi connectivity index (χ2v) is 9.36. The van der Waals surface area contributed by atoms with Gasteiger partial charge in [-0.15, -0.1) is 0 Å². The minimum Gasteiger partial charge on any atom is -0.487 e. The molecule has 1 aliphatic rings. The van der Waals surface area contributed by atoms with Crippen LogP contribution in [0.2, 0.25) is 5.02 Å². The number of ether oxygens (including phenoxy) is 2. The topological polar surface area (TPSA) is 135 Å². The first kappa shape index (κ1) is 25.4. The molecule has 0 spiro atoms. The van der Waals surface area contributed by atoms with Crippen LogP contribution in [0, 0.1) is 6.92 Å². The highest BCUT2D eigenvalue weighted by atomic mass is 35.5. The second-order valence-electron chi connectivity index (χ2n) is 8.95. The van der Waals surface area contributed by atoms with Crippen LogP contribution in [0.5, 0.6) is 5.75 Å². The molecule has 12 heteroatoms. The summed E-state index contributed by atoms with van der Waals surface area (Å²) in [6.07, 6.45) is 3.58. The first-order chi connectivity index (χ1) is 18.3. The summed E-state index contributed by atoms with van der Waals surface area (Å²) in [5.41, 5.74) is 1.73. The number of hydrogen-bond acceptors (Lipinski definition) is 9. The maximum Gasteiger partial charge on any atom is 0.417 e. The number of nitrogens with zero attached hydrogens (tertiary/aromatic N) is 5. The smallest absolute Gasteiger partial charge is 0.417 e. The van der Waals surface area contributed by atoms with E-state index in [2.05, 4.69) is 30.2 Å². The number of H-pyrrole nitrogens is 1. The summed E-state index contributed by atoms with van der Waals surface area (Å²) in [6.45, 7) is 6.09. The first-order valence-electron chi connectivity index (χ1n) is 12.2. The van der Waals surface area contributed by atoms with Gasteiger partial charge in [-0.3, -0.25) is 9.78 Å². The minimum atomic E-state index is -0.492. The molecule has 196 valence electrons. The van der Waals surface area contributed by atoms with Crippen LogP contribution in [0.3, 0.4) is 0 Å². The Labute approximate surface area is 223 Å². The average Bonchev–Trinajstić information content (AvgIpc) is 3.28. The summed E-state index contributed by atoms with van der Waals surface area (Å²) in [6, 6.07) is 8.32. The van der Waals surface area contributed by atoms with Crippen molar-refractivity contribution in [2.24, 2.45) is 0 Å². The quantitative estimate of drug-likeness (QED) is 0.333. The van der Waals surface area contributed by atoms with Gasteiger partial charge in [0.15, 0.2) is 0 Å². The fraction of sp³-hybridized carbons (Fsp3) is 0.308. The largest absolute Gasteiger partial charge is 0.487 e. The van der Waals surface area contributed by atoms with Crippen molar-refractivity contribution >= 4 is 40.5 Å². The SMILES string of the molecule is CC[C@H]1COC(=O)N1c1nc(C)nc(N[C@@H](C)c2cc3cc(Cl)c(OCc4ccncc4)cc3[nH]c2=O)n1. The van der Waals surface area contributed by atoms with Crippen LogP contribution in [0.4, 0.5) is 16.7 Å². The van der Waals surface area contributed by atoms with Crippen molar-refractivity contribution in [3.05, 3.63) is 75.1 Å². The molecule has 0 unspecified atom stereocenters. The summed E-state index contributed by atoms with van der Waals surface area (Å²) in [5, 5.41) is 4.32. The molecule has 3 aromatic heterocycles. The molecule has 1 saturated heterocycles. The molecule has 1 amide bonds. The van der Waals surface area contributed by atoms with Gasteiger partial charge < -0.3 is 19.8 Å². The molecule has 1 aliphatic heterocycles. The Morgan fingerprint density at radius 3 is 2.76 bits per heavy atom. The number of rotatable bonds is 8. The van der Waals surface area contributed by atoms with Crippen molar-refractivity contribution < 1.29 is 14.3 Å². The number of fused-ring (bicyclic) bond motifs is 1. The number of halogens is 1. The van der Waals surface area contributed by atoms with E-state index in [9.17, 15) is 9.59 Å². The molecule has 0 bridgehead atoms. The summed E-state index contributed by atoms with van der Waals surface area (Å²) in [7, 11) is 0. The number of aromatic amines is 1. The van der Waals surface area contributed by atoms with Crippen LogP contribution in [-0.4, -0.2) is 43.7 Å². The van der Waals surface area contributed by atoms with Crippen molar-refractivity contribution in [3.63, 3.8) is 0 Å². The van der Waals surface area contributed by atoms with Gasteiger partial charge in [0.2, 0.25) is 11.9 Å². The third kappa shape index (κ3) is 5.23. The molecule has 11 nitrogen and oxygen atoms in total. The van der Waals surface area contributed by atoms with Gasteiger partial charge in [0.05, 0.1) is 22.6 Å². The van der Waals surface area contributed by atoms with E-state index in [1.165, 1.54) is 4.90 Å². The normalized spacial score (nSPS) is 15.9. The minimum absolute atomic E-state index is 0.152. The van der Waals surface area contributed by atoms with Gasteiger partial charge in [-0.2, -0.15) is 15.0 Å². The number of aryl methyl sites for hydroxylation is 1. The van der Waals surface area contributed by atoms with Crippen LogP contribution in [0.15, 0.2) is 47.5 Å². The number of aromatic nitrogens is 5. The predicted molar refractivity (Wildman–Crippen MR) is 143 cm³/mol. The first-order valence-corrected chi connectivity index (χ1v) is 12.5. The Kier molecular flexibility index (Phi) is 7.10. The number of nitrogens with one attached hydrogen (secondary N) is 2. The monoisotopic (exact) mass is 535 g/mol. The average molecular weight is 536 g/mol. The summed E-state index contributed by atoms with van der Waals surface area (Å²) in [5.74, 6) is 1.34. The molecule has 2 N–H and O–H groups in total. The number of amides is 1. The molecule has 38 heavy (non-hydrogen) atoms. The molecule has 0 aliphatic carbocycles. The second kappa shape index (κ2) is 10.6. The number of carbonyl (C=O) groups excluding carboxylic acids is 1. The Balaban J connectivity index is 1.38. The molecular weight excluding hydrogens is 510 g/mol. The Morgan fingerprint density at radius 2 is 2.00 bits per heavy atom. The molecule has 1 fully saturated rings. The van der Waals surface area contributed by atoms with Crippen molar-refractivity contribution in [1.82, 2.24) is 24.9 Å². The van der Waals surface area contributed by atoms with E-state index in [1.54, 1.807) is 37.5 Å². The van der Waals surface area contributed by atoms with E-state index >= 15 is 0 Å². The zero-order valence-corrected chi connectivity index (χ0v) is 21.8. The van der Waals surface area contributed by atoms with Crippen molar-refractivity contribution in [1.29, 1.82) is 0 Å². The molecule has 1 aromatic carbocycles. The van der Waals surface area contributed by atoms with E-state index < -0.39 is 12.1 Å². The maximum absolute atomic E-state index is 13.0. The Bertz CT molecular complexity index is 1550. The molecular formula is C26H26ClN7O4. The number of carbonyl (C=O) groups is 1. The number of cyclic esters (lactones) is 1. The lowest BCUT2D eigenvalue weighted by atomic mass is 10.1. The number of anilines is 2. The fourth-order valence-electron chi connectivity index (χ4n) is 4.21. The molecule has 4 heterocycles. The highest BCUT2D eigenvalue weighted by Crippen LogP contribution is 2.31. The zero-order valence-electron chi connectivity index (χ0n) is 21.1. The van der Waals surface area contributed by atoms with Gasteiger partial charge in [-0.1, -0.05) is 18.5 Å². The predicted octanol–water partition coefficient (Wildman–Crippen LogP) is 4.56. The van der Waals surface area contributed by atoms with Gasteiger partial charge in [0.25, 0.3) is 5.56 Å². The Morgan fingerprint density at radius 1 is 1.21 bits per heavy atom. The molecule has 4 aromatic rings. The van der Waals surface area contributed by atoms with Gasteiger partial charge in [0, 0.05) is 29.4 Å². The highest BCUT2D eigenvalue weighted by molar-refractivity contribution is 6.32.